The van der Waals surface area contributed by atoms with Gasteiger partial charge in [-0.3, -0.25) is 9.59 Å². The van der Waals surface area contributed by atoms with Crippen molar-refractivity contribution in [2.75, 3.05) is 17.2 Å². The van der Waals surface area contributed by atoms with Gasteiger partial charge in [0.25, 0.3) is 11.8 Å². The Balaban J connectivity index is 1.68. The molecule has 1 saturated heterocycles. The summed E-state index contributed by atoms with van der Waals surface area (Å²) in [6.45, 7) is 0.608. The second-order valence-electron chi connectivity index (χ2n) is 5.75. The van der Waals surface area contributed by atoms with Crippen molar-refractivity contribution in [3.05, 3.63) is 59.7 Å². The predicted molar refractivity (Wildman–Crippen MR) is 96.4 cm³/mol. The van der Waals surface area contributed by atoms with Crippen LogP contribution in [0.4, 0.5) is 11.4 Å². The minimum Gasteiger partial charge on any atom is -0.368 e. The van der Waals surface area contributed by atoms with Crippen LogP contribution in [0.1, 0.15) is 28.8 Å². The Kier molecular flexibility index (Phi) is 5.12. The number of hydrogen-bond donors (Lipinski definition) is 2. The summed E-state index contributed by atoms with van der Waals surface area (Å²) < 4.78 is 5.36. The molecular formula is C20H18N2O3. The van der Waals surface area contributed by atoms with Crippen LogP contribution in [0.2, 0.25) is 0 Å². The minimum atomic E-state index is -0.413. The molecule has 1 aliphatic rings. The van der Waals surface area contributed by atoms with E-state index in [-0.39, 0.29) is 11.8 Å². The van der Waals surface area contributed by atoms with Crippen LogP contribution in [-0.4, -0.2) is 24.5 Å². The normalized spacial score (nSPS) is 16.0. The van der Waals surface area contributed by atoms with Gasteiger partial charge in [0.15, 0.2) is 0 Å². The van der Waals surface area contributed by atoms with E-state index in [1.807, 2.05) is 0 Å². The first kappa shape index (κ1) is 16.7. The zero-order valence-electron chi connectivity index (χ0n) is 13.6. The Morgan fingerprint density at radius 2 is 1.84 bits per heavy atom. The van der Waals surface area contributed by atoms with Crippen LogP contribution in [-0.2, 0) is 9.53 Å². The lowest BCUT2D eigenvalue weighted by atomic mass is 10.1. The van der Waals surface area contributed by atoms with Crippen molar-refractivity contribution in [2.45, 2.75) is 18.9 Å². The molecule has 5 nitrogen and oxygen atoms in total. The molecule has 0 radical (unpaired) electrons. The lowest BCUT2D eigenvalue weighted by molar-refractivity contribution is -0.124. The molecule has 2 amide bonds. The average molecular weight is 334 g/mol. The van der Waals surface area contributed by atoms with E-state index in [0.717, 1.165) is 12.8 Å². The molecule has 0 aromatic heterocycles. The van der Waals surface area contributed by atoms with Gasteiger partial charge in [0, 0.05) is 29.1 Å². The van der Waals surface area contributed by atoms with Crippen molar-refractivity contribution >= 4 is 23.2 Å². The van der Waals surface area contributed by atoms with Crippen molar-refractivity contribution in [1.29, 1.82) is 0 Å². The van der Waals surface area contributed by atoms with Crippen molar-refractivity contribution in [2.24, 2.45) is 0 Å². The first-order chi connectivity index (χ1) is 12.2. The number of hydrogen-bond acceptors (Lipinski definition) is 3. The standard InChI is InChI=1S/C20H18N2O3/c1-2-14-6-3-8-16(12-14)21-19(23)15-7-4-9-17(13-15)22-20(24)18-10-5-11-25-18/h1,3-4,6-9,12-13,18H,5,10-11H2,(H,21,23)(H,22,24). The molecule has 2 aromatic carbocycles. The minimum absolute atomic E-state index is 0.184. The Hall–Kier alpha value is -3.10. The van der Waals surface area contributed by atoms with Gasteiger partial charge in [-0.1, -0.05) is 18.1 Å². The van der Waals surface area contributed by atoms with Gasteiger partial charge >= 0.3 is 0 Å². The smallest absolute Gasteiger partial charge is 0.255 e. The molecule has 0 spiro atoms. The largest absolute Gasteiger partial charge is 0.368 e. The van der Waals surface area contributed by atoms with Gasteiger partial charge in [0.1, 0.15) is 6.10 Å². The van der Waals surface area contributed by atoms with Crippen LogP contribution in [0.15, 0.2) is 48.5 Å². The van der Waals surface area contributed by atoms with E-state index < -0.39 is 6.10 Å². The monoisotopic (exact) mass is 334 g/mol. The first-order valence-electron chi connectivity index (χ1n) is 8.06. The van der Waals surface area contributed by atoms with Gasteiger partial charge in [-0.05, 0) is 49.2 Å². The van der Waals surface area contributed by atoms with Gasteiger partial charge in [-0.15, -0.1) is 6.42 Å². The second kappa shape index (κ2) is 7.65. The number of ether oxygens (including phenoxy) is 1. The third-order valence-corrected chi connectivity index (χ3v) is 3.90. The fourth-order valence-electron chi connectivity index (χ4n) is 2.64. The third kappa shape index (κ3) is 4.25. The third-order valence-electron chi connectivity index (χ3n) is 3.90. The number of nitrogens with one attached hydrogen (secondary N) is 2. The second-order valence-corrected chi connectivity index (χ2v) is 5.75. The summed E-state index contributed by atoms with van der Waals surface area (Å²) in [4.78, 5) is 24.5. The maximum absolute atomic E-state index is 12.4. The van der Waals surface area contributed by atoms with Crippen LogP contribution in [0, 0.1) is 12.3 Å². The quantitative estimate of drug-likeness (QED) is 0.845. The maximum Gasteiger partial charge on any atom is 0.255 e. The fourth-order valence-corrected chi connectivity index (χ4v) is 2.64. The van der Waals surface area contributed by atoms with E-state index in [4.69, 9.17) is 11.2 Å². The molecule has 1 fully saturated rings. The molecule has 1 atom stereocenters. The van der Waals surface area contributed by atoms with E-state index in [1.165, 1.54) is 0 Å². The molecule has 3 rings (SSSR count). The van der Waals surface area contributed by atoms with E-state index in [1.54, 1.807) is 48.5 Å². The highest BCUT2D eigenvalue weighted by Gasteiger charge is 2.23. The van der Waals surface area contributed by atoms with Crippen LogP contribution < -0.4 is 10.6 Å². The molecule has 1 aliphatic heterocycles. The molecule has 1 unspecified atom stereocenters. The van der Waals surface area contributed by atoms with Crippen molar-refractivity contribution in [3.63, 3.8) is 0 Å². The molecule has 0 bridgehead atoms. The van der Waals surface area contributed by atoms with Gasteiger partial charge in [0.05, 0.1) is 0 Å². The molecule has 0 saturated carbocycles. The number of carbonyl (C=O) groups is 2. The summed E-state index contributed by atoms with van der Waals surface area (Å²) in [5.41, 5.74) is 2.31. The van der Waals surface area contributed by atoms with Crippen LogP contribution in [0.5, 0.6) is 0 Å². The number of anilines is 2. The molecule has 2 aromatic rings. The maximum atomic E-state index is 12.4. The van der Waals surface area contributed by atoms with Crippen molar-refractivity contribution in [3.8, 4) is 12.3 Å². The zero-order valence-corrected chi connectivity index (χ0v) is 13.6. The SMILES string of the molecule is C#Cc1cccc(NC(=O)c2cccc(NC(=O)C3CCCO3)c2)c1. The van der Waals surface area contributed by atoms with E-state index in [9.17, 15) is 9.59 Å². The zero-order chi connectivity index (χ0) is 17.6. The average Bonchev–Trinajstić information content (AvgIpc) is 3.17. The topological polar surface area (TPSA) is 67.4 Å². The molecule has 1 heterocycles. The summed E-state index contributed by atoms with van der Waals surface area (Å²) >= 11 is 0. The summed E-state index contributed by atoms with van der Waals surface area (Å²) in [5.74, 6) is 2.07. The fraction of sp³-hybridized carbons (Fsp3) is 0.200. The Labute approximate surface area is 146 Å². The van der Waals surface area contributed by atoms with Crippen molar-refractivity contribution < 1.29 is 14.3 Å². The van der Waals surface area contributed by atoms with Crippen LogP contribution in [0.3, 0.4) is 0 Å². The van der Waals surface area contributed by atoms with E-state index in [0.29, 0.717) is 29.1 Å². The number of rotatable bonds is 4. The number of carbonyl (C=O) groups excluding carboxylic acids is 2. The molecule has 25 heavy (non-hydrogen) atoms. The van der Waals surface area contributed by atoms with E-state index >= 15 is 0 Å². The molecule has 126 valence electrons. The number of amides is 2. The highest BCUT2D eigenvalue weighted by molar-refractivity contribution is 6.05. The van der Waals surface area contributed by atoms with Crippen molar-refractivity contribution in [1.82, 2.24) is 0 Å². The predicted octanol–water partition coefficient (Wildman–Crippen LogP) is 3.04. The first-order valence-corrected chi connectivity index (χ1v) is 8.06. The summed E-state index contributed by atoms with van der Waals surface area (Å²) in [5, 5.41) is 5.59. The van der Waals surface area contributed by atoms with E-state index in [2.05, 4.69) is 16.6 Å². The Morgan fingerprint density at radius 3 is 2.56 bits per heavy atom. The lowest BCUT2D eigenvalue weighted by Gasteiger charge is -2.11. The summed E-state index contributed by atoms with van der Waals surface area (Å²) in [6.07, 6.45) is 6.56. The lowest BCUT2D eigenvalue weighted by Crippen LogP contribution is -2.27. The van der Waals surface area contributed by atoms with Gasteiger partial charge in [0.2, 0.25) is 0 Å². The number of terminal acetylenes is 1. The summed E-state index contributed by atoms with van der Waals surface area (Å²) in [6, 6.07) is 13.8. The highest BCUT2D eigenvalue weighted by Crippen LogP contribution is 2.17. The molecule has 5 heteroatoms. The summed E-state index contributed by atoms with van der Waals surface area (Å²) in [7, 11) is 0. The van der Waals surface area contributed by atoms with Crippen LogP contribution >= 0.6 is 0 Å². The van der Waals surface area contributed by atoms with Gasteiger partial charge < -0.3 is 15.4 Å². The molecular weight excluding hydrogens is 316 g/mol. The molecule has 0 aliphatic carbocycles. The Morgan fingerprint density at radius 1 is 1.08 bits per heavy atom. The van der Waals surface area contributed by atoms with Gasteiger partial charge in [-0.2, -0.15) is 0 Å². The Bertz CT molecular complexity index is 833. The van der Waals surface area contributed by atoms with Crippen LogP contribution in [0.25, 0.3) is 0 Å². The van der Waals surface area contributed by atoms with Gasteiger partial charge in [-0.25, -0.2) is 0 Å². The molecule has 2 N–H and O–H groups in total. The highest BCUT2D eigenvalue weighted by atomic mass is 16.5. The number of benzene rings is 2.